The smallest absolute Gasteiger partial charge is 0.287 e. The Bertz CT molecular complexity index is 894. The lowest BCUT2D eigenvalue weighted by molar-refractivity contribution is -0.124. The number of thioether (sulfide) groups is 1. The van der Waals surface area contributed by atoms with Gasteiger partial charge >= 0.3 is 0 Å². The van der Waals surface area contributed by atoms with Gasteiger partial charge in [-0.15, -0.1) is 21.4 Å². The number of aryl methyl sites for hydroxylation is 2. The SMILES string of the molecule is Cc1cc2nnn(CCCN3C(=O)CSC3=NC#N)c(=O)c2s1. The van der Waals surface area contributed by atoms with Crippen LogP contribution in [0.4, 0.5) is 0 Å². The van der Waals surface area contributed by atoms with Crippen LogP contribution < -0.4 is 5.56 Å². The normalized spacial score (nSPS) is 16.4. The Labute approximate surface area is 139 Å². The number of aliphatic imine (C=N–C) groups is 1. The summed E-state index contributed by atoms with van der Waals surface area (Å²) in [6.07, 6.45) is 2.23. The van der Waals surface area contributed by atoms with Gasteiger partial charge in [0.05, 0.1) is 5.75 Å². The van der Waals surface area contributed by atoms with Gasteiger partial charge in [-0.3, -0.25) is 14.5 Å². The fraction of sp³-hybridized carbons (Fsp3) is 0.385. The molecule has 1 aliphatic heterocycles. The van der Waals surface area contributed by atoms with Crippen molar-refractivity contribution in [3.05, 3.63) is 21.3 Å². The number of fused-ring (bicyclic) bond motifs is 1. The van der Waals surface area contributed by atoms with Gasteiger partial charge in [0.2, 0.25) is 12.1 Å². The predicted octanol–water partition coefficient (Wildman–Crippen LogP) is 0.964. The van der Waals surface area contributed by atoms with Crippen LogP contribution in [0.3, 0.4) is 0 Å². The molecule has 3 rings (SSSR count). The summed E-state index contributed by atoms with van der Waals surface area (Å²) in [5.74, 6) is 0.215. The monoisotopic (exact) mass is 348 g/mol. The second kappa shape index (κ2) is 6.47. The van der Waals surface area contributed by atoms with Gasteiger partial charge in [-0.25, -0.2) is 4.68 Å². The molecule has 1 amide bonds. The van der Waals surface area contributed by atoms with Gasteiger partial charge in [-0.2, -0.15) is 5.26 Å². The zero-order chi connectivity index (χ0) is 16.4. The lowest BCUT2D eigenvalue weighted by Crippen LogP contribution is -2.32. The van der Waals surface area contributed by atoms with Crippen LogP contribution >= 0.6 is 23.1 Å². The van der Waals surface area contributed by atoms with E-state index in [1.54, 1.807) is 6.19 Å². The van der Waals surface area contributed by atoms with Gasteiger partial charge in [0, 0.05) is 18.0 Å². The van der Waals surface area contributed by atoms with Crippen molar-refractivity contribution in [2.75, 3.05) is 12.3 Å². The fourth-order valence-corrected chi connectivity index (χ4v) is 4.01. The van der Waals surface area contributed by atoms with Gasteiger partial charge in [0.1, 0.15) is 10.2 Å². The summed E-state index contributed by atoms with van der Waals surface area (Å²) in [7, 11) is 0. The molecule has 0 N–H and O–H groups in total. The number of nitrogens with zero attached hydrogens (tertiary/aromatic N) is 6. The number of rotatable bonds is 4. The highest BCUT2D eigenvalue weighted by molar-refractivity contribution is 8.15. The molecular weight excluding hydrogens is 336 g/mol. The summed E-state index contributed by atoms with van der Waals surface area (Å²) < 4.78 is 1.91. The topological polar surface area (TPSA) is 104 Å². The minimum atomic E-state index is -0.166. The molecule has 1 aliphatic rings. The molecule has 0 unspecified atom stereocenters. The summed E-state index contributed by atoms with van der Waals surface area (Å²) in [5.41, 5.74) is 0.449. The van der Waals surface area contributed by atoms with E-state index in [1.165, 1.54) is 32.7 Å². The molecule has 0 spiro atoms. The third kappa shape index (κ3) is 3.11. The van der Waals surface area contributed by atoms with Crippen LogP contribution in [0, 0.1) is 18.4 Å². The van der Waals surface area contributed by atoms with E-state index in [1.807, 2.05) is 13.0 Å². The van der Waals surface area contributed by atoms with Gasteiger partial charge in [-0.05, 0) is 19.4 Å². The van der Waals surface area contributed by atoms with Gasteiger partial charge in [-0.1, -0.05) is 17.0 Å². The van der Waals surface area contributed by atoms with E-state index in [2.05, 4.69) is 15.3 Å². The number of carbonyl (C=O) groups excluding carboxylic acids is 1. The first-order valence-corrected chi connectivity index (χ1v) is 8.64. The number of amides is 1. The van der Waals surface area contributed by atoms with Gasteiger partial charge in [0.25, 0.3) is 5.56 Å². The Hall–Kier alpha value is -2.25. The van der Waals surface area contributed by atoms with Crippen molar-refractivity contribution in [3.8, 4) is 6.19 Å². The standard InChI is InChI=1S/C13H12N6O2S2/c1-8-5-9-11(23-8)12(21)19(17-16-9)4-2-3-18-10(20)6-22-13(18)15-7-14/h5H,2-4,6H2,1H3. The molecule has 118 valence electrons. The van der Waals surface area contributed by atoms with Crippen LogP contribution in [0.5, 0.6) is 0 Å². The Balaban J connectivity index is 1.70. The maximum Gasteiger partial charge on any atom is 0.287 e. The van der Waals surface area contributed by atoms with Crippen LogP contribution in [0.1, 0.15) is 11.3 Å². The number of aromatic nitrogens is 3. The maximum atomic E-state index is 12.3. The molecule has 2 aromatic rings. The first-order chi connectivity index (χ1) is 11.1. The predicted molar refractivity (Wildman–Crippen MR) is 88.2 cm³/mol. The minimum Gasteiger partial charge on any atom is -0.290 e. The molecule has 0 bridgehead atoms. The first-order valence-electron chi connectivity index (χ1n) is 6.84. The van der Waals surface area contributed by atoms with E-state index >= 15 is 0 Å². The van der Waals surface area contributed by atoms with E-state index in [-0.39, 0.29) is 11.5 Å². The van der Waals surface area contributed by atoms with Crippen LogP contribution in [-0.4, -0.2) is 43.3 Å². The molecular formula is C13H12N6O2S2. The molecule has 0 saturated carbocycles. The van der Waals surface area contributed by atoms with Crippen molar-refractivity contribution in [2.45, 2.75) is 19.9 Å². The van der Waals surface area contributed by atoms with Crippen molar-refractivity contribution in [2.24, 2.45) is 4.99 Å². The number of amidine groups is 1. The third-order valence-electron chi connectivity index (χ3n) is 3.28. The Morgan fingerprint density at radius 2 is 2.26 bits per heavy atom. The lowest BCUT2D eigenvalue weighted by Gasteiger charge is -2.14. The zero-order valence-corrected chi connectivity index (χ0v) is 13.9. The third-order valence-corrected chi connectivity index (χ3v) is 5.27. The molecule has 23 heavy (non-hydrogen) atoms. The van der Waals surface area contributed by atoms with Gasteiger partial charge < -0.3 is 0 Å². The fourth-order valence-electron chi connectivity index (χ4n) is 2.26. The van der Waals surface area contributed by atoms with Crippen LogP contribution in [-0.2, 0) is 11.3 Å². The Kier molecular flexibility index (Phi) is 4.40. The van der Waals surface area contributed by atoms with Gasteiger partial charge in [0.15, 0.2) is 5.17 Å². The number of nitriles is 1. The molecule has 0 atom stereocenters. The average Bonchev–Trinajstić information content (AvgIpc) is 3.06. The van der Waals surface area contributed by atoms with E-state index in [4.69, 9.17) is 5.26 Å². The van der Waals surface area contributed by atoms with Crippen molar-refractivity contribution in [1.82, 2.24) is 19.9 Å². The largest absolute Gasteiger partial charge is 0.290 e. The highest BCUT2D eigenvalue weighted by atomic mass is 32.2. The molecule has 0 aliphatic carbocycles. The molecule has 8 nitrogen and oxygen atoms in total. The van der Waals surface area contributed by atoms with E-state index in [0.717, 1.165) is 4.88 Å². The van der Waals surface area contributed by atoms with Crippen LogP contribution in [0.15, 0.2) is 15.9 Å². The second-order valence-electron chi connectivity index (χ2n) is 4.87. The molecule has 0 radical (unpaired) electrons. The molecule has 3 heterocycles. The Morgan fingerprint density at radius 3 is 3.04 bits per heavy atom. The van der Waals surface area contributed by atoms with Crippen molar-refractivity contribution in [3.63, 3.8) is 0 Å². The number of thiophene rings is 1. The summed E-state index contributed by atoms with van der Waals surface area (Å²) in [4.78, 5) is 30.2. The average molecular weight is 348 g/mol. The molecule has 1 fully saturated rings. The van der Waals surface area contributed by atoms with Crippen molar-refractivity contribution >= 4 is 44.4 Å². The first kappa shape index (κ1) is 15.6. The summed E-state index contributed by atoms with van der Waals surface area (Å²) in [6.45, 7) is 2.66. The molecule has 10 heteroatoms. The highest BCUT2D eigenvalue weighted by Gasteiger charge is 2.27. The minimum absolute atomic E-state index is 0.0771. The van der Waals surface area contributed by atoms with Crippen molar-refractivity contribution in [1.29, 1.82) is 5.26 Å². The number of hydrogen-bond donors (Lipinski definition) is 0. The second-order valence-corrected chi connectivity index (χ2v) is 7.07. The highest BCUT2D eigenvalue weighted by Crippen LogP contribution is 2.20. The van der Waals surface area contributed by atoms with Crippen LogP contribution in [0.25, 0.3) is 10.2 Å². The molecule has 2 aromatic heterocycles. The van der Waals surface area contributed by atoms with E-state index in [9.17, 15) is 9.59 Å². The summed E-state index contributed by atoms with van der Waals surface area (Å²) in [5, 5.41) is 17.0. The lowest BCUT2D eigenvalue weighted by atomic mass is 10.4. The van der Waals surface area contributed by atoms with E-state index < -0.39 is 0 Å². The molecule has 1 saturated heterocycles. The number of hydrogen-bond acceptors (Lipinski definition) is 8. The molecule has 0 aromatic carbocycles. The van der Waals surface area contributed by atoms with Crippen LogP contribution in [0.2, 0.25) is 0 Å². The number of carbonyl (C=O) groups is 1. The Morgan fingerprint density at radius 1 is 1.43 bits per heavy atom. The summed E-state index contributed by atoms with van der Waals surface area (Å²) in [6, 6.07) is 1.84. The van der Waals surface area contributed by atoms with Crippen molar-refractivity contribution < 1.29 is 4.79 Å². The maximum absolute atomic E-state index is 12.3. The quantitative estimate of drug-likeness (QED) is 0.762. The zero-order valence-electron chi connectivity index (χ0n) is 12.2. The summed E-state index contributed by atoms with van der Waals surface area (Å²) >= 11 is 2.65. The van der Waals surface area contributed by atoms with E-state index in [0.29, 0.717) is 40.6 Å².